The molecule has 0 aliphatic carbocycles. The van der Waals surface area contributed by atoms with Crippen LogP contribution >= 0.6 is 15.9 Å². The maximum Gasteiger partial charge on any atom is 0.235 e. The van der Waals surface area contributed by atoms with Crippen molar-refractivity contribution >= 4 is 27.5 Å². The highest BCUT2D eigenvalue weighted by molar-refractivity contribution is 9.10. The Bertz CT molecular complexity index is 675. The van der Waals surface area contributed by atoms with Crippen LogP contribution < -0.4 is 10.1 Å². The second-order valence-electron chi connectivity index (χ2n) is 4.52. The van der Waals surface area contributed by atoms with E-state index < -0.39 is 0 Å². The molecule has 2 aromatic rings. The number of nitrogens with one attached hydrogen (secondary N) is 1. The first-order chi connectivity index (χ1) is 9.65. The summed E-state index contributed by atoms with van der Waals surface area (Å²) in [4.78, 5) is 12.3. The van der Waals surface area contributed by atoms with Crippen molar-refractivity contribution in [3.8, 4) is 5.75 Å². The van der Waals surface area contributed by atoms with E-state index >= 15 is 0 Å². The van der Waals surface area contributed by atoms with Gasteiger partial charge >= 0.3 is 0 Å². The molecule has 1 aliphatic heterocycles. The molecule has 0 radical (unpaired) electrons. The van der Waals surface area contributed by atoms with Crippen LogP contribution in [0.15, 0.2) is 46.9 Å². The molecule has 0 saturated carbocycles. The fourth-order valence-electron chi connectivity index (χ4n) is 2.18. The van der Waals surface area contributed by atoms with E-state index in [2.05, 4.69) is 21.2 Å². The van der Waals surface area contributed by atoms with Crippen LogP contribution in [-0.2, 0) is 4.79 Å². The number of ether oxygens (including phenoxy) is 1. The first-order valence-corrected chi connectivity index (χ1v) is 6.92. The lowest BCUT2D eigenvalue weighted by molar-refractivity contribution is -0.117. The van der Waals surface area contributed by atoms with E-state index in [1.165, 1.54) is 18.2 Å². The second-order valence-corrected chi connectivity index (χ2v) is 5.37. The van der Waals surface area contributed by atoms with Gasteiger partial charge in [0.15, 0.2) is 0 Å². The molecule has 1 unspecified atom stereocenters. The van der Waals surface area contributed by atoms with Crippen LogP contribution in [0.1, 0.15) is 11.5 Å². The molecule has 0 fully saturated rings. The molecule has 1 heterocycles. The normalized spacial score (nSPS) is 16.4. The van der Waals surface area contributed by atoms with Crippen LogP contribution in [0.2, 0.25) is 0 Å². The van der Waals surface area contributed by atoms with Gasteiger partial charge in [-0.05, 0) is 40.2 Å². The van der Waals surface area contributed by atoms with Gasteiger partial charge in [0, 0.05) is 11.3 Å². The zero-order valence-electron chi connectivity index (χ0n) is 10.4. The van der Waals surface area contributed by atoms with E-state index in [0.717, 1.165) is 11.3 Å². The summed E-state index contributed by atoms with van der Waals surface area (Å²) in [7, 11) is 0. The van der Waals surface area contributed by atoms with Crippen molar-refractivity contribution in [3.63, 3.8) is 0 Å². The second kappa shape index (κ2) is 5.25. The van der Waals surface area contributed by atoms with Gasteiger partial charge in [0.1, 0.15) is 24.1 Å². The monoisotopic (exact) mass is 335 g/mol. The van der Waals surface area contributed by atoms with Crippen LogP contribution in [0.25, 0.3) is 0 Å². The summed E-state index contributed by atoms with van der Waals surface area (Å²) >= 11 is 3.09. The molecule has 5 heteroatoms. The molecule has 3 rings (SSSR count). The Morgan fingerprint density at radius 2 is 2.10 bits per heavy atom. The number of para-hydroxylation sites is 1. The average Bonchev–Trinajstić information content (AvgIpc) is 2.87. The summed E-state index contributed by atoms with van der Waals surface area (Å²) in [6.07, 6.45) is 0. The van der Waals surface area contributed by atoms with Crippen molar-refractivity contribution in [2.75, 3.05) is 11.9 Å². The number of fused-ring (bicyclic) bond motifs is 1. The number of anilines is 1. The predicted molar refractivity (Wildman–Crippen MR) is 77.4 cm³/mol. The number of benzene rings is 2. The molecule has 0 bridgehead atoms. The highest BCUT2D eigenvalue weighted by atomic mass is 79.9. The maximum absolute atomic E-state index is 13.2. The zero-order valence-corrected chi connectivity index (χ0v) is 12.0. The minimum Gasteiger partial charge on any atom is -0.492 e. The third kappa shape index (κ3) is 2.41. The van der Waals surface area contributed by atoms with Gasteiger partial charge in [-0.15, -0.1) is 0 Å². The molecule has 0 spiro atoms. The Morgan fingerprint density at radius 1 is 1.30 bits per heavy atom. The molecule has 20 heavy (non-hydrogen) atoms. The van der Waals surface area contributed by atoms with Gasteiger partial charge in [-0.2, -0.15) is 0 Å². The molecular weight excluding hydrogens is 325 g/mol. The molecule has 0 saturated heterocycles. The molecule has 1 N–H and O–H groups in total. The third-order valence-corrected chi connectivity index (χ3v) is 3.81. The summed E-state index contributed by atoms with van der Waals surface area (Å²) in [5.74, 6) is -0.117. The van der Waals surface area contributed by atoms with Gasteiger partial charge in [-0.3, -0.25) is 4.79 Å². The quantitative estimate of drug-likeness (QED) is 0.908. The van der Waals surface area contributed by atoms with E-state index in [1.807, 2.05) is 24.3 Å². The van der Waals surface area contributed by atoms with Gasteiger partial charge in [0.25, 0.3) is 0 Å². The molecule has 1 atom stereocenters. The first kappa shape index (κ1) is 13.1. The van der Waals surface area contributed by atoms with Gasteiger partial charge in [-0.25, -0.2) is 4.39 Å². The number of carbonyl (C=O) groups is 1. The number of hydrogen-bond acceptors (Lipinski definition) is 2. The highest BCUT2D eigenvalue weighted by Crippen LogP contribution is 2.34. The summed E-state index contributed by atoms with van der Waals surface area (Å²) in [5.41, 5.74) is 1.43. The Balaban J connectivity index is 1.79. The summed E-state index contributed by atoms with van der Waals surface area (Å²) in [6.45, 7) is 0.327. The third-order valence-electron chi connectivity index (χ3n) is 3.20. The van der Waals surface area contributed by atoms with Crippen molar-refractivity contribution < 1.29 is 13.9 Å². The number of amides is 1. The minimum absolute atomic E-state index is 0.159. The van der Waals surface area contributed by atoms with Crippen molar-refractivity contribution in [2.45, 2.75) is 5.92 Å². The molecule has 1 aliphatic rings. The number of rotatable bonds is 2. The van der Waals surface area contributed by atoms with Crippen molar-refractivity contribution in [1.82, 2.24) is 0 Å². The fourth-order valence-corrected chi connectivity index (χ4v) is 2.56. The van der Waals surface area contributed by atoms with Crippen LogP contribution in [0.3, 0.4) is 0 Å². The molecule has 3 nitrogen and oxygen atoms in total. The molecular formula is C15H11BrFNO2. The lowest BCUT2D eigenvalue weighted by Gasteiger charge is -2.10. The van der Waals surface area contributed by atoms with E-state index in [0.29, 0.717) is 16.8 Å². The zero-order chi connectivity index (χ0) is 14.1. The Labute approximate surface area is 123 Å². The van der Waals surface area contributed by atoms with Gasteiger partial charge in [0.2, 0.25) is 5.91 Å². The van der Waals surface area contributed by atoms with E-state index in [9.17, 15) is 9.18 Å². The highest BCUT2D eigenvalue weighted by Gasteiger charge is 2.30. The molecule has 2 aromatic carbocycles. The minimum atomic E-state index is -0.363. The maximum atomic E-state index is 13.2. The Kier molecular flexibility index (Phi) is 3.44. The van der Waals surface area contributed by atoms with Crippen molar-refractivity contribution in [3.05, 3.63) is 58.3 Å². The summed E-state index contributed by atoms with van der Waals surface area (Å²) in [6, 6.07) is 11.8. The van der Waals surface area contributed by atoms with E-state index in [1.54, 1.807) is 0 Å². The van der Waals surface area contributed by atoms with Gasteiger partial charge in [-0.1, -0.05) is 18.2 Å². The topological polar surface area (TPSA) is 38.3 Å². The number of hydrogen-bond donors (Lipinski definition) is 1. The standard InChI is InChI=1S/C15H11BrFNO2/c16-12-7-9(5-6-13(12)17)18-15(19)11-8-20-14-4-2-1-3-10(11)14/h1-7,11H,8H2,(H,18,19). The predicted octanol–water partition coefficient (Wildman–Crippen LogP) is 3.70. The van der Waals surface area contributed by atoms with Crippen molar-refractivity contribution in [1.29, 1.82) is 0 Å². The summed E-state index contributed by atoms with van der Waals surface area (Å²) < 4.78 is 19.0. The largest absolute Gasteiger partial charge is 0.492 e. The molecule has 0 aromatic heterocycles. The van der Waals surface area contributed by atoms with E-state index in [-0.39, 0.29) is 17.6 Å². The number of halogens is 2. The van der Waals surface area contributed by atoms with Gasteiger partial charge < -0.3 is 10.1 Å². The van der Waals surface area contributed by atoms with Crippen LogP contribution in [0.4, 0.5) is 10.1 Å². The molecule has 102 valence electrons. The van der Waals surface area contributed by atoms with E-state index in [4.69, 9.17) is 4.74 Å². The lowest BCUT2D eigenvalue weighted by atomic mass is 10.0. The SMILES string of the molecule is O=C(Nc1ccc(F)c(Br)c1)C1COc2ccccc21. The lowest BCUT2D eigenvalue weighted by Crippen LogP contribution is -2.22. The van der Waals surface area contributed by atoms with Crippen molar-refractivity contribution in [2.24, 2.45) is 0 Å². The Morgan fingerprint density at radius 3 is 2.90 bits per heavy atom. The van der Waals surface area contributed by atoms with Crippen LogP contribution in [0.5, 0.6) is 5.75 Å². The molecule has 1 amide bonds. The summed E-state index contributed by atoms with van der Waals surface area (Å²) in [5, 5.41) is 2.78. The van der Waals surface area contributed by atoms with Gasteiger partial charge in [0.05, 0.1) is 4.47 Å². The number of carbonyl (C=O) groups excluding carboxylic acids is 1. The van der Waals surface area contributed by atoms with Crippen LogP contribution in [-0.4, -0.2) is 12.5 Å². The fraction of sp³-hybridized carbons (Fsp3) is 0.133. The first-order valence-electron chi connectivity index (χ1n) is 6.13. The Hall–Kier alpha value is -1.88. The van der Waals surface area contributed by atoms with Crippen LogP contribution in [0, 0.1) is 5.82 Å². The smallest absolute Gasteiger partial charge is 0.235 e. The average molecular weight is 336 g/mol.